The van der Waals surface area contributed by atoms with Gasteiger partial charge in [-0.2, -0.15) is 5.10 Å². The van der Waals surface area contributed by atoms with Crippen LogP contribution in [0.15, 0.2) is 18.5 Å². The minimum atomic E-state index is -0.365. The highest BCUT2D eigenvalue weighted by atomic mass is 16.7. The molecule has 0 radical (unpaired) electrons. The first-order valence-corrected chi connectivity index (χ1v) is 7.56. The van der Waals surface area contributed by atoms with E-state index in [1.165, 1.54) is 12.8 Å². The van der Waals surface area contributed by atoms with Crippen molar-refractivity contribution in [3.63, 3.8) is 0 Å². The molecule has 1 saturated heterocycles. The lowest BCUT2D eigenvalue weighted by atomic mass is 9.80. The Balaban J connectivity index is 1.69. The Morgan fingerprint density at radius 2 is 1.81 bits per heavy atom. The van der Waals surface area contributed by atoms with Crippen LogP contribution in [0.25, 0.3) is 11.0 Å². The molecule has 2 aromatic heterocycles. The molecule has 3 heterocycles. The molecule has 1 aliphatic carbocycles. The fourth-order valence-corrected chi connectivity index (χ4v) is 2.65. The summed E-state index contributed by atoms with van der Waals surface area (Å²) < 4.78 is 14.2. The standard InChI is InChI=1S/C15H20BN3O2/c1-14(2)15(3,4)21-16(20-14)11-7-10-8-18-19(12-5-6-12)13(10)17-9-11/h7-9,12H,5-6H2,1-4H3. The SMILES string of the molecule is CC1(C)OB(c2cnc3c(cnn3C3CC3)c2)OC1(C)C. The summed E-state index contributed by atoms with van der Waals surface area (Å²) in [5.41, 5.74) is 1.25. The Bertz CT molecular complexity index is 690. The topological polar surface area (TPSA) is 49.2 Å². The van der Waals surface area contributed by atoms with E-state index in [-0.39, 0.29) is 18.3 Å². The average Bonchev–Trinajstić information content (AvgIpc) is 3.11. The van der Waals surface area contributed by atoms with Gasteiger partial charge in [0.2, 0.25) is 0 Å². The molecule has 2 aromatic rings. The molecule has 4 rings (SSSR count). The van der Waals surface area contributed by atoms with Crippen LogP contribution in [0, 0.1) is 0 Å². The summed E-state index contributed by atoms with van der Waals surface area (Å²) in [6, 6.07) is 2.62. The third kappa shape index (κ3) is 2.00. The molecule has 21 heavy (non-hydrogen) atoms. The van der Waals surface area contributed by atoms with Gasteiger partial charge in [0, 0.05) is 17.0 Å². The number of rotatable bonds is 2. The highest BCUT2D eigenvalue weighted by Gasteiger charge is 2.51. The molecular weight excluding hydrogens is 265 g/mol. The van der Waals surface area contributed by atoms with Gasteiger partial charge in [-0.1, -0.05) is 0 Å². The normalized spacial score (nSPS) is 23.9. The third-order valence-electron chi connectivity index (χ3n) is 4.87. The smallest absolute Gasteiger partial charge is 0.399 e. The molecule has 110 valence electrons. The Morgan fingerprint density at radius 1 is 1.14 bits per heavy atom. The summed E-state index contributed by atoms with van der Waals surface area (Å²) in [6.45, 7) is 8.24. The zero-order valence-corrected chi connectivity index (χ0v) is 13.0. The van der Waals surface area contributed by atoms with Crippen molar-refractivity contribution >= 4 is 23.6 Å². The van der Waals surface area contributed by atoms with Gasteiger partial charge in [-0.15, -0.1) is 0 Å². The second-order valence-electron chi connectivity index (χ2n) is 7.09. The first-order valence-electron chi connectivity index (χ1n) is 7.56. The number of hydrogen-bond acceptors (Lipinski definition) is 4. The molecule has 0 aromatic carbocycles. The molecule has 0 spiro atoms. The Labute approximate surface area is 124 Å². The van der Waals surface area contributed by atoms with E-state index in [1.54, 1.807) is 0 Å². The molecule has 0 atom stereocenters. The van der Waals surface area contributed by atoms with Crippen molar-refractivity contribution in [2.45, 2.75) is 57.8 Å². The zero-order chi connectivity index (χ0) is 14.8. The molecule has 2 aliphatic rings. The zero-order valence-electron chi connectivity index (χ0n) is 13.0. The first kappa shape index (κ1) is 13.3. The Morgan fingerprint density at radius 3 is 2.43 bits per heavy atom. The molecule has 0 unspecified atom stereocenters. The van der Waals surface area contributed by atoms with Crippen molar-refractivity contribution in [1.29, 1.82) is 0 Å². The van der Waals surface area contributed by atoms with Crippen LogP contribution >= 0.6 is 0 Å². The van der Waals surface area contributed by atoms with Crippen molar-refractivity contribution in [2.75, 3.05) is 0 Å². The molecule has 0 bridgehead atoms. The average molecular weight is 285 g/mol. The van der Waals surface area contributed by atoms with E-state index in [0.717, 1.165) is 16.5 Å². The van der Waals surface area contributed by atoms with Crippen molar-refractivity contribution < 1.29 is 9.31 Å². The highest BCUT2D eigenvalue weighted by Crippen LogP contribution is 2.37. The van der Waals surface area contributed by atoms with E-state index in [4.69, 9.17) is 9.31 Å². The number of aromatic nitrogens is 3. The lowest BCUT2D eigenvalue weighted by Crippen LogP contribution is -2.41. The minimum absolute atomic E-state index is 0.329. The molecule has 0 amide bonds. The van der Waals surface area contributed by atoms with Gasteiger partial charge in [-0.05, 0) is 46.6 Å². The fourth-order valence-electron chi connectivity index (χ4n) is 2.65. The lowest BCUT2D eigenvalue weighted by molar-refractivity contribution is 0.00578. The monoisotopic (exact) mass is 285 g/mol. The quantitative estimate of drug-likeness (QED) is 0.792. The van der Waals surface area contributed by atoms with Gasteiger partial charge in [-0.25, -0.2) is 9.67 Å². The molecule has 2 fully saturated rings. The maximum atomic E-state index is 6.08. The summed E-state index contributed by atoms with van der Waals surface area (Å²) in [5.74, 6) is 0. The summed E-state index contributed by atoms with van der Waals surface area (Å²) in [5, 5.41) is 5.50. The van der Waals surface area contributed by atoms with Gasteiger partial charge < -0.3 is 9.31 Å². The lowest BCUT2D eigenvalue weighted by Gasteiger charge is -2.32. The third-order valence-corrected chi connectivity index (χ3v) is 4.87. The van der Waals surface area contributed by atoms with E-state index >= 15 is 0 Å². The van der Waals surface area contributed by atoms with Crippen molar-refractivity contribution in [1.82, 2.24) is 14.8 Å². The number of fused-ring (bicyclic) bond motifs is 1. The van der Waals surface area contributed by atoms with Gasteiger partial charge in [0.15, 0.2) is 5.65 Å². The molecule has 1 aliphatic heterocycles. The van der Waals surface area contributed by atoms with E-state index in [1.807, 2.05) is 17.1 Å². The molecular formula is C15H20BN3O2. The van der Waals surface area contributed by atoms with Gasteiger partial charge >= 0.3 is 7.12 Å². The minimum Gasteiger partial charge on any atom is -0.399 e. The largest absolute Gasteiger partial charge is 0.496 e. The fraction of sp³-hybridized carbons (Fsp3) is 0.600. The van der Waals surface area contributed by atoms with Gasteiger partial charge in [0.05, 0.1) is 23.4 Å². The maximum absolute atomic E-state index is 6.08. The van der Waals surface area contributed by atoms with E-state index in [9.17, 15) is 0 Å². The van der Waals surface area contributed by atoms with Crippen LogP contribution in [0.2, 0.25) is 0 Å². The van der Waals surface area contributed by atoms with Crippen LogP contribution in [0.3, 0.4) is 0 Å². The van der Waals surface area contributed by atoms with Crippen LogP contribution in [0.1, 0.15) is 46.6 Å². The van der Waals surface area contributed by atoms with Crippen LogP contribution < -0.4 is 5.46 Å². The van der Waals surface area contributed by atoms with Crippen molar-refractivity contribution in [3.05, 3.63) is 18.5 Å². The van der Waals surface area contributed by atoms with E-state index in [0.29, 0.717) is 6.04 Å². The maximum Gasteiger partial charge on any atom is 0.496 e. The molecule has 6 heteroatoms. The van der Waals surface area contributed by atoms with Crippen molar-refractivity contribution in [2.24, 2.45) is 0 Å². The van der Waals surface area contributed by atoms with Crippen LogP contribution in [-0.4, -0.2) is 33.1 Å². The van der Waals surface area contributed by atoms with Crippen LogP contribution in [0.5, 0.6) is 0 Å². The first-order chi connectivity index (χ1) is 9.87. The Kier molecular flexibility index (Phi) is 2.58. The van der Waals surface area contributed by atoms with Gasteiger partial charge in [-0.3, -0.25) is 0 Å². The summed E-state index contributed by atoms with van der Waals surface area (Å²) >= 11 is 0. The Hall–Kier alpha value is -1.40. The number of hydrogen-bond donors (Lipinski definition) is 0. The van der Waals surface area contributed by atoms with Crippen LogP contribution in [-0.2, 0) is 9.31 Å². The summed E-state index contributed by atoms with van der Waals surface area (Å²) in [7, 11) is -0.365. The van der Waals surface area contributed by atoms with Gasteiger partial charge in [0.25, 0.3) is 0 Å². The molecule has 0 N–H and O–H groups in total. The van der Waals surface area contributed by atoms with Gasteiger partial charge in [0.1, 0.15) is 0 Å². The van der Waals surface area contributed by atoms with Crippen molar-refractivity contribution in [3.8, 4) is 0 Å². The molecule has 1 saturated carbocycles. The van der Waals surface area contributed by atoms with E-state index in [2.05, 4.69) is 43.8 Å². The summed E-state index contributed by atoms with van der Waals surface area (Å²) in [6.07, 6.45) is 6.15. The van der Waals surface area contributed by atoms with Crippen LogP contribution in [0.4, 0.5) is 0 Å². The number of pyridine rings is 1. The predicted molar refractivity (Wildman–Crippen MR) is 81.5 cm³/mol. The predicted octanol–water partition coefficient (Wildman–Crippen LogP) is 2.07. The second kappa shape index (κ2) is 4.08. The second-order valence-corrected chi connectivity index (χ2v) is 7.09. The van der Waals surface area contributed by atoms with E-state index < -0.39 is 0 Å². The summed E-state index contributed by atoms with van der Waals surface area (Å²) in [4.78, 5) is 4.58. The highest BCUT2D eigenvalue weighted by molar-refractivity contribution is 6.62. The molecule has 5 nitrogen and oxygen atoms in total. The number of nitrogens with zero attached hydrogens (tertiary/aromatic N) is 3.